The molecular weight excluding hydrogens is 328 g/mol. The van der Waals surface area contributed by atoms with Gasteiger partial charge in [-0.2, -0.15) is 17.7 Å². The van der Waals surface area contributed by atoms with Crippen molar-refractivity contribution in [1.29, 1.82) is 0 Å². The Hall–Kier alpha value is -1.45. The van der Waals surface area contributed by atoms with Crippen molar-refractivity contribution >= 4 is 22.0 Å². The Labute approximate surface area is 143 Å². The van der Waals surface area contributed by atoms with Gasteiger partial charge in [-0.3, -0.25) is 0 Å². The number of nitrogens with one attached hydrogen (secondary N) is 2. The van der Waals surface area contributed by atoms with Gasteiger partial charge in [0.25, 0.3) is 10.2 Å². The van der Waals surface area contributed by atoms with Crippen molar-refractivity contribution in [2.75, 3.05) is 49.5 Å². The minimum absolute atomic E-state index is 0.315. The van der Waals surface area contributed by atoms with Crippen LogP contribution in [0.4, 0.5) is 11.8 Å². The van der Waals surface area contributed by atoms with E-state index in [0.29, 0.717) is 32.1 Å². The van der Waals surface area contributed by atoms with Gasteiger partial charge in [-0.15, -0.1) is 0 Å². The zero-order valence-corrected chi connectivity index (χ0v) is 15.0. The molecule has 3 heterocycles. The lowest BCUT2D eigenvalue weighted by Gasteiger charge is -2.18. The maximum atomic E-state index is 12.1. The van der Waals surface area contributed by atoms with Gasteiger partial charge < -0.3 is 10.2 Å². The van der Waals surface area contributed by atoms with Gasteiger partial charge in [0.1, 0.15) is 5.82 Å². The fourth-order valence-electron chi connectivity index (χ4n) is 3.11. The SMILES string of the molecule is Cc1cc(N2CCCC2)nc(NCCNS(=O)(=O)N2CCCC2)n1. The highest BCUT2D eigenvalue weighted by molar-refractivity contribution is 7.87. The molecule has 2 aliphatic heterocycles. The summed E-state index contributed by atoms with van der Waals surface area (Å²) >= 11 is 0. The first kappa shape index (κ1) is 17.4. The number of rotatable bonds is 7. The predicted molar refractivity (Wildman–Crippen MR) is 94.4 cm³/mol. The molecule has 3 rings (SSSR count). The molecule has 2 aliphatic rings. The Morgan fingerprint density at radius 1 is 1.04 bits per heavy atom. The molecule has 2 saturated heterocycles. The summed E-state index contributed by atoms with van der Waals surface area (Å²) in [5, 5.41) is 3.12. The Bertz CT molecular complexity index is 654. The molecule has 8 nitrogen and oxygen atoms in total. The van der Waals surface area contributed by atoms with E-state index in [1.807, 2.05) is 13.0 Å². The molecule has 0 saturated carbocycles. The number of hydrogen-bond donors (Lipinski definition) is 2. The first-order chi connectivity index (χ1) is 11.5. The maximum Gasteiger partial charge on any atom is 0.279 e. The van der Waals surface area contributed by atoms with Gasteiger partial charge in [0, 0.05) is 51.0 Å². The average molecular weight is 354 g/mol. The second kappa shape index (κ2) is 7.62. The van der Waals surface area contributed by atoms with Crippen LogP contribution in [0.3, 0.4) is 0 Å². The van der Waals surface area contributed by atoms with Crippen LogP contribution < -0.4 is 14.9 Å². The van der Waals surface area contributed by atoms with Gasteiger partial charge in [0.05, 0.1) is 0 Å². The monoisotopic (exact) mass is 354 g/mol. The summed E-state index contributed by atoms with van der Waals surface area (Å²) in [5.41, 5.74) is 0.909. The van der Waals surface area contributed by atoms with Gasteiger partial charge in [-0.05, 0) is 32.6 Å². The molecule has 0 aliphatic carbocycles. The number of aryl methyl sites for hydroxylation is 1. The molecule has 0 bridgehead atoms. The normalized spacial score (nSPS) is 19.1. The number of aromatic nitrogens is 2. The first-order valence-electron chi connectivity index (χ1n) is 8.64. The molecule has 9 heteroatoms. The van der Waals surface area contributed by atoms with E-state index < -0.39 is 10.2 Å². The van der Waals surface area contributed by atoms with Crippen LogP contribution in [0.2, 0.25) is 0 Å². The highest BCUT2D eigenvalue weighted by Crippen LogP contribution is 2.19. The number of anilines is 2. The van der Waals surface area contributed by atoms with Crippen molar-refractivity contribution in [2.45, 2.75) is 32.6 Å². The van der Waals surface area contributed by atoms with Gasteiger partial charge >= 0.3 is 0 Å². The second-order valence-electron chi connectivity index (χ2n) is 6.32. The molecule has 134 valence electrons. The van der Waals surface area contributed by atoms with Crippen molar-refractivity contribution < 1.29 is 8.42 Å². The van der Waals surface area contributed by atoms with Gasteiger partial charge in [-0.1, -0.05) is 0 Å². The van der Waals surface area contributed by atoms with Crippen LogP contribution in [0.1, 0.15) is 31.4 Å². The molecule has 24 heavy (non-hydrogen) atoms. The lowest BCUT2D eigenvalue weighted by Crippen LogP contribution is -2.40. The first-order valence-corrected chi connectivity index (χ1v) is 10.1. The molecule has 0 unspecified atom stereocenters. The van der Waals surface area contributed by atoms with Crippen LogP contribution >= 0.6 is 0 Å². The molecule has 0 atom stereocenters. The van der Waals surface area contributed by atoms with Crippen LogP contribution in [0.15, 0.2) is 6.07 Å². The van der Waals surface area contributed by atoms with Crippen LogP contribution in [0, 0.1) is 6.92 Å². The minimum atomic E-state index is -3.35. The molecule has 0 spiro atoms. The highest BCUT2D eigenvalue weighted by atomic mass is 32.2. The Balaban J connectivity index is 1.51. The third-order valence-corrected chi connectivity index (χ3v) is 5.98. The van der Waals surface area contributed by atoms with Gasteiger partial charge in [-0.25, -0.2) is 9.71 Å². The lowest BCUT2D eigenvalue weighted by atomic mass is 10.4. The second-order valence-corrected chi connectivity index (χ2v) is 8.07. The summed E-state index contributed by atoms with van der Waals surface area (Å²) in [6.45, 7) is 6.01. The van der Waals surface area contributed by atoms with Crippen LogP contribution in [0.25, 0.3) is 0 Å². The molecule has 0 radical (unpaired) electrons. The summed E-state index contributed by atoms with van der Waals surface area (Å²) < 4.78 is 28.3. The van der Waals surface area contributed by atoms with E-state index in [0.717, 1.165) is 37.4 Å². The van der Waals surface area contributed by atoms with Crippen molar-refractivity contribution in [3.8, 4) is 0 Å². The standard InChI is InChI=1S/C15H26N6O2S/c1-13-12-14(20-8-2-3-9-20)19-15(18-13)16-6-7-17-24(22,23)21-10-4-5-11-21/h12,17H,2-11H2,1H3,(H,16,18,19). The van der Waals surface area contributed by atoms with E-state index >= 15 is 0 Å². The van der Waals surface area contributed by atoms with E-state index in [4.69, 9.17) is 0 Å². The van der Waals surface area contributed by atoms with Crippen molar-refractivity contribution in [3.05, 3.63) is 11.8 Å². The fourth-order valence-corrected chi connectivity index (χ4v) is 4.39. The zero-order valence-electron chi connectivity index (χ0n) is 14.2. The van der Waals surface area contributed by atoms with Crippen molar-refractivity contribution in [2.24, 2.45) is 0 Å². The van der Waals surface area contributed by atoms with Crippen LogP contribution in [-0.2, 0) is 10.2 Å². The molecular formula is C15H26N6O2S. The highest BCUT2D eigenvalue weighted by Gasteiger charge is 2.24. The van der Waals surface area contributed by atoms with E-state index in [1.165, 1.54) is 17.1 Å². The van der Waals surface area contributed by atoms with Gasteiger partial charge in [0.2, 0.25) is 5.95 Å². The molecule has 2 fully saturated rings. The minimum Gasteiger partial charge on any atom is -0.356 e. The van der Waals surface area contributed by atoms with Gasteiger partial charge in [0.15, 0.2) is 0 Å². The summed E-state index contributed by atoms with van der Waals surface area (Å²) in [6, 6.07) is 1.99. The molecule has 2 N–H and O–H groups in total. The van der Waals surface area contributed by atoms with Crippen molar-refractivity contribution in [1.82, 2.24) is 19.0 Å². The van der Waals surface area contributed by atoms with E-state index in [9.17, 15) is 8.42 Å². The predicted octanol–water partition coefficient (Wildman–Crippen LogP) is 0.727. The summed E-state index contributed by atoms with van der Waals surface area (Å²) in [7, 11) is -3.35. The maximum absolute atomic E-state index is 12.1. The number of nitrogens with zero attached hydrogens (tertiary/aromatic N) is 4. The van der Waals surface area contributed by atoms with E-state index in [1.54, 1.807) is 0 Å². The lowest BCUT2D eigenvalue weighted by molar-refractivity contribution is 0.466. The number of hydrogen-bond acceptors (Lipinski definition) is 6. The Morgan fingerprint density at radius 2 is 1.71 bits per heavy atom. The smallest absolute Gasteiger partial charge is 0.279 e. The third kappa shape index (κ3) is 4.34. The Morgan fingerprint density at radius 3 is 2.42 bits per heavy atom. The molecule has 1 aromatic heterocycles. The largest absolute Gasteiger partial charge is 0.356 e. The van der Waals surface area contributed by atoms with E-state index in [2.05, 4.69) is 24.9 Å². The summed E-state index contributed by atoms with van der Waals surface area (Å²) in [5.74, 6) is 1.50. The van der Waals surface area contributed by atoms with Crippen molar-refractivity contribution in [3.63, 3.8) is 0 Å². The molecule has 0 amide bonds. The quantitative estimate of drug-likeness (QED) is 0.702. The Kier molecular flexibility index (Phi) is 5.52. The average Bonchev–Trinajstić information content (AvgIpc) is 3.23. The van der Waals surface area contributed by atoms with Crippen LogP contribution in [-0.4, -0.2) is 62.0 Å². The molecule has 1 aromatic rings. The summed E-state index contributed by atoms with van der Waals surface area (Å²) in [4.78, 5) is 11.2. The van der Waals surface area contributed by atoms with E-state index in [-0.39, 0.29) is 0 Å². The fraction of sp³-hybridized carbons (Fsp3) is 0.733. The zero-order chi connectivity index (χ0) is 17.0. The summed E-state index contributed by atoms with van der Waals surface area (Å²) in [6.07, 6.45) is 4.28. The molecule has 0 aromatic carbocycles. The van der Waals surface area contributed by atoms with Crippen LogP contribution in [0.5, 0.6) is 0 Å². The topological polar surface area (TPSA) is 90.5 Å². The third-order valence-electron chi connectivity index (χ3n) is 4.37.